The first kappa shape index (κ1) is 33.1. The molecule has 1 aliphatic rings. The minimum absolute atomic E-state index is 0.0558. The Morgan fingerprint density at radius 1 is 0.680 bits per heavy atom. The maximum absolute atomic E-state index is 14.6. The molecule has 0 bridgehead atoms. The molecule has 1 amide bonds. The normalized spacial score (nSPS) is 17.7. The van der Waals surface area contributed by atoms with Crippen LogP contribution in [-0.4, -0.2) is 42.3 Å². The Bertz CT molecular complexity index is 2020. The van der Waals surface area contributed by atoms with Crippen molar-refractivity contribution in [2.45, 2.75) is 63.4 Å². The van der Waals surface area contributed by atoms with E-state index in [-0.39, 0.29) is 11.7 Å². The number of para-hydroxylation sites is 2. The largest absolute Gasteiger partial charge is 0.465 e. The van der Waals surface area contributed by atoms with Crippen molar-refractivity contribution >= 4 is 17.1 Å². The third kappa shape index (κ3) is 7.00. The summed E-state index contributed by atoms with van der Waals surface area (Å²) in [5.41, 5.74) is 5.38. The van der Waals surface area contributed by atoms with Crippen LogP contribution in [0.5, 0.6) is 0 Å². The van der Waals surface area contributed by atoms with Gasteiger partial charge in [-0.1, -0.05) is 133 Å². The van der Waals surface area contributed by atoms with Gasteiger partial charge in [-0.25, -0.2) is 9.59 Å². The lowest BCUT2D eigenvalue weighted by Gasteiger charge is -2.54. The van der Waals surface area contributed by atoms with E-state index in [1.807, 2.05) is 106 Å². The zero-order valence-electron chi connectivity index (χ0n) is 28.4. The van der Waals surface area contributed by atoms with E-state index < -0.39 is 11.8 Å². The Morgan fingerprint density at radius 3 is 1.74 bits per heavy atom. The highest BCUT2D eigenvalue weighted by atomic mass is 16.4. The summed E-state index contributed by atoms with van der Waals surface area (Å²) in [7, 11) is 0. The van der Waals surface area contributed by atoms with Gasteiger partial charge < -0.3 is 5.11 Å². The second-order valence-corrected chi connectivity index (χ2v) is 13.4. The molecule has 2 atom stereocenters. The SMILES string of the molecule is O=C(O)N1CCC(n2c(=O)n(Cc3ccccc3)c3ccccc32)C[C@@]1(CCCc1ccccc1)N(Cc1ccccc1)Cc1ccccc1. The van der Waals surface area contributed by atoms with Gasteiger partial charge in [0, 0.05) is 32.1 Å². The zero-order valence-corrected chi connectivity index (χ0v) is 28.4. The van der Waals surface area contributed by atoms with Crippen LogP contribution in [0.15, 0.2) is 150 Å². The Morgan fingerprint density at radius 2 is 1.18 bits per heavy atom. The fraction of sp³-hybridized carbons (Fsp3) is 0.256. The molecule has 7 nitrogen and oxygen atoms in total. The molecule has 7 rings (SSSR count). The number of nitrogens with zero attached hydrogens (tertiary/aromatic N) is 4. The first-order valence-electron chi connectivity index (χ1n) is 17.6. The van der Waals surface area contributed by atoms with E-state index in [0.717, 1.165) is 40.6 Å². The van der Waals surface area contributed by atoms with E-state index in [9.17, 15) is 14.7 Å². The van der Waals surface area contributed by atoms with Crippen LogP contribution >= 0.6 is 0 Å². The standard InChI is InChI=1S/C43H44N4O3/c48-41-45(33-37-22-11-4-12-23-37)39-25-13-14-26-40(39)47(41)38-27-29-46(42(49)50)43(30-38,28-15-24-34-16-5-1-6-17-34)44(31-35-18-7-2-8-19-35)32-36-20-9-3-10-21-36/h1-14,16-23,25-26,38H,15,24,27-33H2,(H,49,50)/t38?,43-/m0/s1. The predicted octanol–water partition coefficient (Wildman–Crippen LogP) is 8.59. The molecule has 1 saturated heterocycles. The van der Waals surface area contributed by atoms with Gasteiger partial charge in [-0.3, -0.25) is 18.9 Å². The fourth-order valence-electron chi connectivity index (χ4n) is 7.95. The van der Waals surface area contributed by atoms with Crippen LogP contribution in [0.4, 0.5) is 4.79 Å². The van der Waals surface area contributed by atoms with Gasteiger partial charge in [0.1, 0.15) is 5.66 Å². The van der Waals surface area contributed by atoms with Crippen LogP contribution in [0, 0.1) is 0 Å². The van der Waals surface area contributed by atoms with Crippen LogP contribution in [0.1, 0.15) is 54.0 Å². The van der Waals surface area contributed by atoms with E-state index >= 15 is 0 Å². The number of carboxylic acid groups (broad SMARTS) is 1. The summed E-state index contributed by atoms with van der Waals surface area (Å²) < 4.78 is 3.84. The van der Waals surface area contributed by atoms with Gasteiger partial charge >= 0.3 is 11.8 Å². The van der Waals surface area contributed by atoms with Crippen molar-refractivity contribution in [3.05, 3.63) is 178 Å². The average Bonchev–Trinajstić information content (AvgIpc) is 3.43. The first-order chi connectivity index (χ1) is 24.5. The Hall–Kier alpha value is -5.40. The van der Waals surface area contributed by atoms with E-state index in [1.165, 1.54) is 5.56 Å². The predicted molar refractivity (Wildman–Crippen MR) is 199 cm³/mol. The van der Waals surface area contributed by atoms with Crippen molar-refractivity contribution in [3.8, 4) is 0 Å². The van der Waals surface area contributed by atoms with E-state index in [0.29, 0.717) is 45.4 Å². The highest BCUT2D eigenvalue weighted by molar-refractivity contribution is 5.76. The molecule has 1 N–H and O–H groups in total. The number of fused-ring (bicyclic) bond motifs is 1. The third-order valence-electron chi connectivity index (χ3n) is 10.3. The van der Waals surface area contributed by atoms with Gasteiger partial charge in [0.15, 0.2) is 0 Å². The molecule has 1 aliphatic heterocycles. The van der Waals surface area contributed by atoms with Crippen LogP contribution in [-0.2, 0) is 26.1 Å². The number of likely N-dealkylation sites (tertiary alicyclic amines) is 1. The van der Waals surface area contributed by atoms with Gasteiger partial charge in [0.2, 0.25) is 0 Å². The number of rotatable bonds is 12. The number of imidazole rings is 1. The summed E-state index contributed by atoms with van der Waals surface area (Å²) in [4.78, 5) is 32.0. The van der Waals surface area contributed by atoms with Gasteiger partial charge in [0.05, 0.1) is 17.6 Å². The molecule has 1 fully saturated rings. The Balaban J connectivity index is 1.34. The molecule has 50 heavy (non-hydrogen) atoms. The lowest BCUT2D eigenvalue weighted by molar-refractivity contribution is -0.0980. The molecule has 2 heterocycles. The maximum atomic E-state index is 14.6. The molecular formula is C43H44N4O3. The lowest BCUT2D eigenvalue weighted by Crippen LogP contribution is -2.65. The summed E-state index contributed by atoms with van der Waals surface area (Å²) in [6, 6.07) is 48.9. The summed E-state index contributed by atoms with van der Waals surface area (Å²) in [5.74, 6) is 0. The molecular weight excluding hydrogens is 620 g/mol. The summed E-state index contributed by atoms with van der Waals surface area (Å²) in [6.07, 6.45) is 2.38. The van der Waals surface area contributed by atoms with E-state index in [1.54, 1.807) is 4.90 Å². The topological polar surface area (TPSA) is 70.7 Å². The van der Waals surface area contributed by atoms with Crippen LogP contribution in [0.2, 0.25) is 0 Å². The molecule has 1 unspecified atom stereocenters. The van der Waals surface area contributed by atoms with E-state index in [2.05, 4.69) is 53.4 Å². The molecule has 0 radical (unpaired) electrons. The quantitative estimate of drug-likeness (QED) is 0.142. The second kappa shape index (κ2) is 15.0. The zero-order chi connectivity index (χ0) is 34.3. The van der Waals surface area contributed by atoms with Crippen LogP contribution < -0.4 is 5.69 Å². The van der Waals surface area contributed by atoms with Crippen LogP contribution in [0.3, 0.4) is 0 Å². The number of carbonyl (C=O) groups is 1. The third-order valence-corrected chi connectivity index (χ3v) is 10.3. The monoisotopic (exact) mass is 664 g/mol. The van der Waals surface area contributed by atoms with Crippen molar-refractivity contribution in [2.24, 2.45) is 0 Å². The summed E-state index contributed by atoms with van der Waals surface area (Å²) in [6.45, 7) is 1.94. The summed E-state index contributed by atoms with van der Waals surface area (Å²) in [5, 5.41) is 10.9. The highest BCUT2D eigenvalue weighted by Gasteiger charge is 2.49. The van der Waals surface area contributed by atoms with Gasteiger partial charge in [-0.05, 0) is 60.1 Å². The number of aryl methyl sites for hydroxylation is 1. The Kier molecular flexibility index (Phi) is 9.94. The highest BCUT2D eigenvalue weighted by Crippen LogP contribution is 2.43. The van der Waals surface area contributed by atoms with Gasteiger partial charge in [0.25, 0.3) is 0 Å². The second-order valence-electron chi connectivity index (χ2n) is 13.4. The minimum atomic E-state index is -0.923. The number of amides is 1. The first-order valence-corrected chi connectivity index (χ1v) is 17.6. The Labute approximate surface area is 293 Å². The number of hydrogen-bond donors (Lipinski definition) is 1. The minimum Gasteiger partial charge on any atom is -0.465 e. The van der Waals surface area contributed by atoms with Crippen LogP contribution in [0.25, 0.3) is 11.0 Å². The molecule has 0 spiro atoms. The van der Waals surface area contributed by atoms with Gasteiger partial charge in [-0.15, -0.1) is 0 Å². The van der Waals surface area contributed by atoms with E-state index in [4.69, 9.17) is 0 Å². The average molecular weight is 665 g/mol. The maximum Gasteiger partial charge on any atom is 0.408 e. The number of benzene rings is 5. The molecule has 254 valence electrons. The van der Waals surface area contributed by atoms with Gasteiger partial charge in [-0.2, -0.15) is 0 Å². The lowest BCUT2D eigenvalue weighted by atomic mass is 9.84. The van der Waals surface area contributed by atoms with Crippen molar-refractivity contribution in [2.75, 3.05) is 6.54 Å². The summed E-state index contributed by atoms with van der Waals surface area (Å²) >= 11 is 0. The van der Waals surface area contributed by atoms with Crippen molar-refractivity contribution in [1.29, 1.82) is 0 Å². The molecule has 7 heteroatoms. The molecule has 6 aromatic rings. The number of hydrogen-bond acceptors (Lipinski definition) is 3. The number of aromatic nitrogens is 2. The fourth-order valence-corrected chi connectivity index (χ4v) is 7.95. The molecule has 5 aromatic carbocycles. The molecule has 0 aliphatic carbocycles. The molecule has 0 saturated carbocycles. The number of piperidine rings is 1. The molecule has 1 aromatic heterocycles. The van der Waals surface area contributed by atoms with Crippen molar-refractivity contribution < 1.29 is 9.90 Å². The van der Waals surface area contributed by atoms with Crippen molar-refractivity contribution in [1.82, 2.24) is 18.9 Å². The van der Waals surface area contributed by atoms with Crippen molar-refractivity contribution in [3.63, 3.8) is 0 Å². The smallest absolute Gasteiger partial charge is 0.408 e.